The van der Waals surface area contributed by atoms with Gasteiger partial charge in [-0.2, -0.15) is 0 Å². The van der Waals surface area contributed by atoms with Crippen molar-refractivity contribution in [1.82, 2.24) is 5.32 Å². The molecule has 0 bridgehead atoms. The Morgan fingerprint density at radius 2 is 1.86 bits per heavy atom. The summed E-state index contributed by atoms with van der Waals surface area (Å²) in [5.74, 6) is 0.958. The van der Waals surface area contributed by atoms with E-state index >= 15 is 0 Å². The first kappa shape index (κ1) is 14.8. The molecule has 1 aliphatic heterocycles. The molecule has 1 atom stereocenters. The van der Waals surface area contributed by atoms with E-state index < -0.39 is 0 Å². The van der Waals surface area contributed by atoms with Crippen molar-refractivity contribution in [2.24, 2.45) is 0 Å². The van der Waals surface area contributed by atoms with E-state index in [1.165, 1.54) is 12.8 Å². The Hall–Kier alpha value is -2.13. The fourth-order valence-corrected chi connectivity index (χ4v) is 2.72. The van der Waals surface area contributed by atoms with Crippen LogP contribution in [0.4, 0.5) is 0 Å². The van der Waals surface area contributed by atoms with Crippen LogP contribution in [0.5, 0.6) is 5.75 Å². The topological polar surface area (TPSA) is 38.3 Å². The summed E-state index contributed by atoms with van der Waals surface area (Å²) in [6, 6.07) is 17.7. The fraction of sp³-hybridized carbons (Fsp3) is 0.316. The van der Waals surface area contributed by atoms with Crippen molar-refractivity contribution in [2.45, 2.75) is 25.3 Å². The highest BCUT2D eigenvalue weighted by molar-refractivity contribution is 5.97. The molecule has 1 unspecified atom stereocenters. The molecule has 2 aromatic rings. The molecule has 1 heterocycles. The van der Waals surface area contributed by atoms with Crippen LogP contribution in [0.1, 0.15) is 28.8 Å². The van der Waals surface area contributed by atoms with Gasteiger partial charge in [0.25, 0.3) is 0 Å². The summed E-state index contributed by atoms with van der Waals surface area (Å²) in [5.41, 5.74) is 1.77. The average Bonchev–Trinajstić information content (AvgIpc) is 3.08. The smallest absolute Gasteiger partial charge is 0.167 e. The first-order chi connectivity index (χ1) is 10.8. The second-order valence-electron chi connectivity index (χ2n) is 5.71. The Balaban J connectivity index is 1.55. The van der Waals surface area contributed by atoms with Gasteiger partial charge in [0, 0.05) is 18.0 Å². The number of hydrogen-bond donors (Lipinski definition) is 1. The number of hydrogen-bond acceptors (Lipinski definition) is 3. The number of carbonyl (C=O) groups excluding carboxylic acids is 1. The van der Waals surface area contributed by atoms with E-state index in [-0.39, 0.29) is 5.78 Å². The van der Waals surface area contributed by atoms with Gasteiger partial charge in [0.15, 0.2) is 5.78 Å². The van der Waals surface area contributed by atoms with Crippen LogP contribution >= 0.6 is 0 Å². The van der Waals surface area contributed by atoms with Crippen LogP contribution < -0.4 is 10.1 Å². The molecular formula is C19H21NO2. The summed E-state index contributed by atoms with van der Waals surface area (Å²) < 4.78 is 5.77. The van der Waals surface area contributed by atoms with Crippen molar-refractivity contribution in [3.63, 3.8) is 0 Å². The fourth-order valence-electron chi connectivity index (χ4n) is 2.72. The van der Waals surface area contributed by atoms with Crippen LogP contribution in [-0.2, 0) is 6.42 Å². The summed E-state index contributed by atoms with van der Waals surface area (Å²) in [7, 11) is 0. The third-order valence-corrected chi connectivity index (χ3v) is 4.00. The van der Waals surface area contributed by atoms with Crippen molar-refractivity contribution >= 4 is 5.78 Å². The summed E-state index contributed by atoms with van der Waals surface area (Å²) in [4.78, 5) is 12.2. The summed E-state index contributed by atoms with van der Waals surface area (Å²) >= 11 is 0. The maximum absolute atomic E-state index is 12.2. The van der Waals surface area contributed by atoms with Gasteiger partial charge in [-0.1, -0.05) is 30.3 Å². The molecule has 0 radical (unpaired) electrons. The van der Waals surface area contributed by atoms with E-state index in [0.29, 0.717) is 19.1 Å². The number of carbonyl (C=O) groups is 1. The molecule has 3 rings (SSSR count). The lowest BCUT2D eigenvalue weighted by molar-refractivity contribution is 0.0993. The highest BCUT2D eigenvalue weighted by Gasteiger charge is 2.14. The van der Waals surface area contributed by atoms with E-state index in [2.05, 4.69) is 5.32 Å². The third-order valence-electron chi connectivity index (χ3n) is 4.00. The van der Waals surface area contributed by atoms with E-state index in [4.69, 9.17) is 4.74 Å². The quantitative estimate of drug-likeness (QED) is 0.831. The van der Waals surface area contributed by atoms with Crippen molar-refractivity contribution in [2.75, 3.05) is 13.2 Å². The van der Waals surface area contributed by atoms with Crippen LogP contribution in [0.15, 0.2) is 54.6 Å². The van der Waals surface area contributed by atoms with Crippen molar-refractivity contribution in [3.05, 3.63) is 65.7 Å². The van der Waals surface area contributed by atoms with Gasteiger partial charge in [0.05, 0.1) is 0 Å². The molecule has 22 heavy (non-hydrogen) atoms. The Morgan fingerprint density at radius 3 is 2.55 bits per heavy atom. The van der Waals surface area contributed by atoms with Crippen molar-refractivity contribution in [1.29, 1.82) is 0 Å². The normalized spacial score (nSPS) is 17.4. The molecule has 1 aliphatic rings. The summed E-state index contributed by atoms with van der Waals surface area (Å²) in [5, 5.41) is 3.40. The summed E-state index contributed by atoms with van der Waals surface area (Å²) in [6.07, 6.45) is 2.83. The van der Waals surface area contributed by atoms with Crippen LogP contribution in [0.2, 0.25) is 0 Å². The minimum atomic E-state index is 0.134. The lowest BCUT2D eigenvalue weighted by atomic mass is 10.0. The van der Waals surface area contributed by atoms with E-state index in [0.717, 1.165) is 23.4 Å². The SMILES string of the molecule is O=C(Cc1ccccc1)c1ccc(OCC2CCCN2)cc1. The monoisotopic (exact) mass is 295 g/mol. The second kappa shape index (κ2) is 7.23. The molecule has 1 N–H and O–H groups in total. The number of nitrogens with one attached hydrogen (secondary N) is 1. The van der Waals surface area contributed by atoms with Crippen LogP contribution in [0, 0.1) is 0 Å². The Bertz CT molecular complexity index is 601. The molecule has 0 saturated carbocycles. The molecule has 2 aromatic carbocycles. The van der Waals surface area contributed by atoms with Gasteiger partial charge in [0.2, 0.25) is 0 Å². The number of rotatable bonds is 6. The van der Waals surface area contributed by atoms with Crippen LogP contribution in [0.3, 0.4) is 0 Å². The zero-order chi connectivity index (χ0) is 15.2. The van der Waals surface area contributed by atoms with Gasteiger partial charge >= 0.3 is 0 Å². The standard InChI is InChI=1S/C19H21NO2/c21-19(13-15-5-2-1-3-6-15)16-8-10-18(11-9-16)22-14-17-7-4-12-20-17/h1-3,5-6,8-11,17,20H,4,7,12-14H2. The molecular weight excluding hydrogens is 274 g/mol. The number of ether oxygens (including phenoxy) is 1. The second-order valence-corrected chi connectivity index (χ2v) is 5.71. The molecule has 0 amide bonds. The zero-order valence-corrected chi connectivity index (χ0v) is 12.6. The lowest BCUT2D eigenvalue weighted by Gasteiger charge is -2.12. The third kappa shape index (κ3) is 3.95. The predicted octanol–water partition coefficient (Wildman–Crippen LogP) is 3.24. The minimum absolute atomic E-state index is 0.134. The van der Waals surface area contributed by atoms with Crippen LogP contribution in [0.25, 0.3) is 0 Å². The van der Waals surface area contributed by atoms with E-state index in [1.807, 2.05) is 54.6 Å². The number of benzene rings is 2. The first-order valence-electron chi connectivity index (χ1n) is 7.84. The lowest BCUT2D eigenvalue weighted by Crippen LogP contribution is -2.28. The molecule has 0 aliphatic carbocycles. The van der Waals surface area contributed by atoms with Gasteiger partial charge in [0.1, 0.15) is 12.4 Å². The summed E-state index contributed by atoms with van der Waals surface area (Å²) in [6.45, 7) is 1.78. The highest BCUT2D eigenvalue weighted by atomic mass is 16.5. The highest BCUT2D eigenvalue weighted by Crippen LogP contribution is 2.15. The van der Waals surface area contributed by atoms with Gasteiger partial charge in [-0.05, 0) is 49.2 Å². The van der Waals surface area contributed by atoms with E-state index in [1.54, 1.807) is 0 Å². The Kier molecular flexibility index (Phi) is 4.86. The molecule has 1 saturated heterocycles. The predicted molar refractivity (Wildman–Crippen MR) is 87.4 cm³/mol. The van der Waals surface area contributed by atoms with Gasteiger partial charge in [-0.25, -0.2) is 0 Å². The zero-order valence-electron chi connectivity index (χ0n) is 12.6. The molecule has 114 valence electrons. The Labute approximate surface area is 131 Å². The Morgan fingerprint density at radius 1 is 1.09 bits per heavy atom. The van der Waals surface area contributed by atoms with Gasteiger partial charge < -0.3 is 10.1 Å². The molecule has 3 nitrogen and oxygen atoms in total. The molecule has 3 heteroatoms. The minimum Gasteiger partial charge on any atom is -0.492 e. The molecule has 1 fully saturated rings. The van der Waals surface area contributed by atoms with Gasteiger partial charge in [-0.3, -0.25) is 4.79 Å². The maximum Gasteiger partial charge on any atom is 0.167 e. The van der Waals surface area contributed by atoms with Crippen LogP contribution in [-0.4, -0.2) is 25.0 Å². The number of ketones is 1. The average molecular weight is 295 g/mol. The largest absolute Gasteiger partial charge is 0.492 e. The first-order valence-corrected chi connectivity index (χ1v) is 7.84. The number of Topliss-reactive ketones (excluding diaryl/α,β-unsaturated/α-hetero) is 1. The molecule has 0 aromatic heterocycles. The van der Waals surface area contributed by atoms with Crippen molar-refractivity contribution < 1.29 is 9.53 Å². The maximum atomic E-state index is 12.2. The molecule has 0 spiro atoms. The van der Waals surface area contributed by atoms with E-state index in [9.17, 15) is 4.79 Å². The van der Waals surface area contributed by atoms with Crippen molar-refractivity contribution in [3.8, 4) is 5.75 Å². The van der Waals surface area contributed by atoms with Gasteiger partial charge in [-0.15, -0.1) is 0 Å².